The lowest BCUT2D eigenvalue weighted by molar-refractivity contribution is -0.120. The zero-order valence-electron chi connectivity index (χ0n) is 18.5. The summed E-state index contributed by atoms with van der Waals surface area (Å²) in [6, 6.07) is 17.3. The molecule has 31 heavy (non-hydrogen) atoms. The smallest absolute Gasteiger partial charge is 0.282 e. The molecule has 1 fully saturated rings. The highest BCUT2D eigenvalue weighted by Gasteiger charge is 2.42. The molecule has 6 nitrogen and oxygen atoms in total. The van der Waals surface area contributed by atoms with Crippen LogP contribution in [0.25, 0.3) is 5.57 Å². The third-order valence-corrected chi connectivity index (χ3v) is 6.18. The fourth-order valence-electron chi connectivity index (χ4n) is 4.34. The lowest BCUT2D eigenvalue weighted by Gasteiger charge is -2.34. The topological polar surface area (TPSA) is 47.1 Å². The molecule has 2 aromatic rings. The number of nitrogens with zero attached hydrogens (tertiary/aromatic N) is 4. The number of hydrogen-bond donors (Lipinski definition) is 0. The van der Waals surface area contributed by atoms with Crippen LogP contribution in [0.1, 0.15) is 19.4 Å². The summed E-state index contributed by atoms with van der Waals surface area (Å²) >= 11 is 0. The summed E-state index contributed by atoms with van der Waals surface area (Å²) in [7, 11) is 2.08. The fraction of sp³-hybridized carbons (Fsp3) is 0.360. The van der Waals surface area contributed by atoms with Gasteiger partial charge in [0.2, 0.25) is 0 Å². The van der Waals surface area contributed by atoms with Gasteiger partial charge in [0.1, 0.15) is 5.70 Å². The van der Waals surface area contributed by atoms with Crippen LogP contribution in [0.5, 0.6) is 0 Å². The van der Waals surface area contributed by atoms with Crippen molar-refractivity contribution in [2.24, 2.45) is 0 Å². The molecule has 162 valence electrons. The molecule has 4 rings (SSSR count). The molecule has 2 heterocycles. The van der Waals surface area contributed by atoms with Crippen LogP contribution < -0.4 is 9.80 Å². The third kappa shape index (κ3) is 3.95. The average Bonchev–Trinajstić information content (AvgIpc) is 3.06. The number of amides is 2. The SMILES string of the molecule is CCN(CC)c1ccc(N2C(=O)C(c3ccccc3)=C(N3CCN(C)CC3)C2=O)cc1. The summed E-state index contributed by atoms with van der Waals surface area (Å²) in [5, 5.41) is 0. The lowest BCUT2D eigenvalue weighted by atomic mass is 10.0. The van der Waals surface area contributed by atoms with Gasteiger partial charge in [-0.1, -0.05) is 30.3 Å². The van der Waals surface area contributed by atoms with Gasteiger partial charge in [0, 0.05) is 45.0 Å². The van der Waals surface area contributed by atoms with Crippen molar-refractivity contribution in [1.29, 1.82) is 0 Å². The van der Waals surface area contributed by atoms with E-state index in [1.54, 1.807) is 0 Å². The Bertz CT molecular complexity index is 972. The highest BCUT2D eigenvalue weighted by atomic mass is 16.2. The van der Waals surface area contributed by atoms with Gasteiger partial charge in [-0.2, -0.15) is 0 Å². The van der Waals surface area contributed by atoms with E-state index in [-0.39, 0.29) is 11.8 Å². The Morgan fingerprint density at radius 2 is 1.42 bits per heavy atom. The van der Waals surface area contributed by atoms with Crippen molar-refractivity contribution >= 4 is 28.8 Å². The number of carbonyl (C=O) groups excluding carboxylic acids is 2. The molecule has 0 saturated carbocycles. The van der Waals surface area contributed by atoms with E-state index in [2.05, 4.69) is 35.6 Å². The van der Waals surface area contributed by atoms with E-state index in [9.17, 15) is 9.59 Å². The first-order chi connectivity index (χ1) is 15.0. The monoisotopic (exact) mass is 418 g/mol. The zero-order valence-corrected chi connectivity index (χ0v) is 18.5. The Kier molecular flexibility index (Phi) is 6.09. The summed E-state index contributed by atoms with van der Waals surface area (Å²) in [5.41, 5.74) is 3.52. The van der Waals surface area contributed by atoms with E-state index < -0.39 is 0 Å². The Labute approximate surface area is 184 Å². The number of carbonyl (C=O) groups is 2. The van der Waals surface area contributed by atoms with Crippen molar-refractivity contribution in [3.05, 3.63) is 65.9 Å². The summed E-state index contributed by atoms with van der Waals surface area (Å²) in [6.45, 7) is 9.24. The molecule has 0 spiro atoms. The first-order valence-electron chi connectivity index (χ1n) is 11.0. The van der Waals surface area contributed by atoms with Crippen molar-refractivity contribution in [2.45, 2.75) is 13.8 Å². The second-order valence-electron chi connectivity index (χ2n) is 8.01. The molecule has 1 saturated heterocycles. The van der Waals surface area contributed by atoms with Crippen LogP contribution in [0, 0.1) is 0 Å². The van der Waals surface area contributed by atoms with Gasteiger partial charge in [-0.3, -0.25) is 9.59 Å². The van der Waals surface area contributed by atoms with Crippen LogP contribution in [-0.4, -0.2) is 67.9 Å². The number of rotatable bonds is 6. The molecule has 2 aromatic carbocycles. The van der Waals surface area contributed by atoms with Crippen molar-refractivity contribution in [3.8, 4) is 0 Å². The molecule has 0 aromatic heterocycles. The van der Waals surface area contributed by atoms with Gasteiger partial charge < -0.3 is 14.7 Å². The van der Waals surface area contributed by atoms with E-state index in [1.807, 2.05) is 54.6 Å². The molecule has 0 unspecified atom stereocenters. The Morgan fingerprint density at radius 3 is 2.00 bits per heavy atom. The molecule has 0 aliphatic carbocycles. The third-order valence-electron chi connectivity index (χ3n) is 6.18. The van der Waals surface area contributed by atoms with Gasteiger partial charge in [0.05, 0.1) is 11.3 Å². The average molecular weight is 419 g/mol. The molecule has 0 radical (unpaired) electrons. The summed E-state index contributed by atoms with van der Waals surface area (Å²) in [4.78, 5) is 35.0. The van der Waals surface area contributed by atoms with Gasteiger partial charge in [-0.25, -0.2) is 4.90 Å². The standard InChI is InChI=1S/C25H30N4O2/c1-4-27(5-2)20-11-13-21(14-12-20)29-24(30)22(19-9-7-6-8-10-19)23(25(29)31)28-17-15-26(3)16-18-28/h6-14H,4-5,15-18H2,1-3H3. The highest BCUT2D eigenvalue weighted by Crippen LogP contribution is 2.35. The van der Waals surface area contributed by atoms with Gasteiger partial charge in [-0.15, -0.1) is 0 Å². The first-order valence-corrected chi connectivity index (χ1v) is 11.0. The highest BCUT2D eigenvalue weighted by molar-refractivity contribution is 6.45. The van der Waals surface area contributed by atoms with Crippen LogP contribution in [0.3, 0.4) is 0 Å². The van der Waals surface area contributed by atoms with Gasteiger partial charge in [0.25, 0.3) is 11.8 Å². The molecule has 0 atom stereocenters. The minimum Gasteiger partial charge on any atom is -0.372 e. The number of piperazine rings is 1. The Morgan fingerprint density at radius 1 is 0.806 bits per heavy atom. The maximum absolute atomic E-state index is 13.6. The largest absolute Gasteiger partial charge is 0.372 e. The molecule has 2 aliphatic heterocycles. The van der Waals surface area contributed by atoms with Crippen LogP contribution in [-0.2, 0) is 9.59 Å². The summed E-state index contributed by atoms with van der Waals surface area (Å²) in [6.07, 6.45) is 0. The minimum atomic E-state index is -0.249. The summed E-state index contributed by atoms with van der Waals surface area (Å²) < 4.78 is 0. The predicted molar refractivity (Wildman–Crippen MR) is 125 cm³/mol. The van der Waals surface area contributed by atoms with Crippen molar-refractivity contribution in [1.82, 2.24) is 9.80 Å². The van der Waals surface area contributed by atoms with Crippen molar-refractivity contribution in [3.63, 3.8) is 0 Å². The van der Waals surface area contributed by atoms with Gasteiger partial charge >= 0.3 is 0 Å². The fourth-order valence-corrected chi connectivity index (χ4v) is 4.34. The number of benzene rings is 2. The zero-order chi connectivity index (χ0) is 22.0. The number of likely N-dealkylation sites (N-methyl/N-ethyl adjacent to an activating group) is 1. The minimum absolute atomic E-state index is 0.232. The van der Waals surface area contributed by atoms with Crippen LogP contribution in [0.4, 0.5) is 11.4 Å². The maximum Gasteiger partial charge on any atom is 0.282 e. The van der Waals surface area contributed by atoms with Crippen LogP contribution >= 0.6 is 0 Å². The molecule has 2 amide bonds. The van der Waals surface area contributed by atoms with Crippen molar-refractivity contribution in [2.75, 3.05) is 56.1 Å². The molecule has 2 aliphatic rings. The van der Waals surface area contributed by atoms with E-state index in [4.69, 9.17) is 0 Å². The Balaban J connectivity index is 1.71. The van der Waals surface area contributed by atoms with E-state index in [0.29, 0.717) is 17.0 Å². The second-order valence-corrected chi connectivity index (χ2v) is 8.01. The molecule has 0 N–H and O–H groups in total. The summed E-state index contributed by atoms with van der Waals surface area (Å²) in [5.74, 6) is -0.482. The lowest BCUT2D eigenvalue weighted by Crippen LogP contribution is -2.46. The van der Waals surface area contributed by atoms with E-state index >= 15 is 0 Å². The number of anilines is 2. The van der Waals surface area contributed by atoms with Crippen LogP contribution in [0.15, 0.2) is 60.3 Å². The maximum atomic E-state index is 13.6. The normalized spacial score (nSPS) is 17.6. The first kappa shape index (κ1) is 21.1. The number of imide groups is 1. The van der Waals surface area contributed by atoms with Gasteiger partial charge in [0.15, 0.2) is 0 Å². The number of hydrogen-bond acceptors (Lipinski definition) is 5. The van der Waals surface area contributed by atoms with Gasteiger partial charge in [-0.05, 0) is 50.7 Å². The molecular weight excluding hydrogens is 388 g/mol. The van der Waals surface area contributed by atoms with E-state index in [0.717, 1.165) is 50.5 Å². The van der Waals surface area contributed by atoms with Crippen LogP contribution in [0.2, 0.25) is 0 Å². The second kappa shape index (κ2) is 8.94. The molecular formula is C25H30N4O2. The molecule has 0 bridgehead atoms. The molecule has 6 heteroatoms. The van der Waals surface area contributed by atoms with Crippen molar-refractivity contribution < 1.29 is 9.59 Å². The quantitative estimate of drug-likeness (QED) is 0.675. The Hall–Kier alpha value is -3.12. The van der Waals surface area contributed by atoms with E-state index in [1.165, 1.54) is 4.90 Å². The predicted octanol–water partition coefficient (Wildman–Crippen LogP) is 3.06.